The Morgan fingerprint density at radius 3 is 2.67 bits per heavy atom. The lowest BCUT2D eigenvalue weighted by Gasteiger charge is -2.17. The molecule has 0 radical (unpaired) electrons. The van der Waals surface area contributed by atoms with Gasteiger partial charge in [0, 0.05) is 42.9 Å². The van der Waals surface area contributed by atoms with Crippen molar-refractivity contribution in [2.45, 2.75) is 11.3 Å². The molecule has 1 aromatic heterocycles. The van der Waals surface area contributed by atoms with Crippen molar-refractivity contribution in [3.8, 4) is 0 Å². The first-order valence-corrected chi connectivity index (χ1v) is 9.97. The zero-order valence-corrected chi connectivity index (χ0v) is 15.9. The number of nitrogens with two attached hydrogens (primary N) is 1. The van der Waals surface area contributed by atoms with E-state index >= 15 is 0 Å². The minimum atomic E-state index is -3.50. The van der Waals surface area contributed by atoms with Crippen molar-refractivity contribution in [1.82, 2.24) is 9.29 Å². The van der Waals surface area contributed by atoms with Crippen molar-refractivity contribution >= 4 is 38.2 Å². The van der Waals surface area contributed by atoms with Gasteiger partial charge in [-0.1, -0.05) is 0 Å². The summed E-state index contributed by atoms with van der Waals surface area (Å²) in [5, 5.41) is 0.880. The average Bonchev–Trinajstić information content (AvgIpc) is 3.23. The Bertz CT molecular complexity index is 1160. The molecule has 3 aromatic rings. The fraction of sp³-hybridized carbons (Fsp3) is 0.211. The predicted octanol–water partition coefficient (Wildman–Crippen LogP) is 2.20. The molecule has 1 amide bonds. The van der Waals surface area contributed by atoms with Crippen molar-refractivity contribution < 1.29 is 13.2 Å². The van der Waals surface area contributed by atoms with Crippen LogP contribution in [0.1, 0.15) is 16.1 Å². The quantitative estimate of drug-likeness (QED) is 0.676. The highest BCUT2D eigenvalue weighted by Gasteiger charge is 2.28. The number of rotatable bonds is 3. The number of nitrogens with one attached hydrogen (secondary N) is 1. The van der Waals surface area contributed by atoms with E-state index < -0.39 is 10.0 Å². The van der Waals surface area contributed by atoms with Gasteiger partial charge >= 0.3 is 0 Å². The van der Waals surface area contributed by atoms with E-state index in [9.17, 15) is 13.2 Å². The van der Waals surface area contributed by atoms with Crippen molar-refractivity contribution in [3.05, 3.63) is 53.7 Å². The number of aromatic amines is 1. The molecule has 8 heteroatoms. The summed E-state index contributed by atoms with van der Waals surface area (Å²) in [6.45, 7) is 0.511. The molecule has 0 fully saturated rings. The zero-order valence-electron chi connectivity index (χ0n) is 15.1. The van der Waals surface area contributed by atoms with Crippen LogP contribution < -0.4 is 10.6 Å². The Hall–Kier alpha value is -2.84. The van der Waals surface area contributed by atoms with Crippen molar-refractivity contribution in [3.63, 3.8) is 0 Å². The molecule has 0 atom stereocenters. The third-order valence-electron chi connectivity index (χ3n) is 4.85. The number of carbonyl (C=O) groups excluding carboxylic acids is 1. The Kier molecular flexibility index (Phi) is 3.97. The van der Waals surface area contributed by atoms with Crippen LogP contribution in [-0.4, -0.2) is 44.3 Å². The number of aromatic nitrogens is 1. The molecule has 0 saturated carbocycles. The summed E-state index contributed by atoms with van der Waals surface area (Å²) < 4.78 is 25.8. The SMILES string of the molecule is CN(C)S(=O)(=O)c1ccc2c(c1)CCN2C(=O)c1cc2cc(N)ccc2[nH]1. The molecule has 2 heterocycles. The molecule has 0 aliphatic carbocycles. The first-order valence-electron chi connectivity index (χ1n) is 8.53. The van der Waals surface area contributed by atoms with Crippen molar-refractivity contribution in [2.24, 2.45) is 0 Å². The molecule has 1 aliphatic heterocycles. The summed E-state index contributed by atoms with van der Waals surface area (Å²) in [4.78, 5) is 18.0. The fourth-order valence-corrected chi connectivity index (χ4v) is 4.32. The van der Waals surface area contributed by atoms with Crippen LogP contribution in [-0.2, 0) is 16.4 Å². The number of hydrogen-bond acceptors (Lipinski definition) is 4. The topological polar surface area (TPSA) is 99.5 Å². The second kappa shape index (κ2) is 6.11. The Morgan fingerprint density at radius 2 is 1.93 bits per heavy atom. The summed E-state index contributed by atoms with van der Waals surface area (Å²) in [6, 6.07) is 12.1. The molecular weight excluding hydrogens is 364 g/mol. The van der Waals surface area contributed by atoms with E-state index in [4.69, 9.17) is 5.73 Å². The van der Waals surface area contributed by atoms with Gasteiger partial charge in [-0.3, -0.25) is 4.79 Å². The van der Waals surface area contributed by atoms with E-state index in [0.717, 1.165) is 22.2 Å². The highest BCUT2D eigenvalue weighted by molar-refractivity contribution is 7.89. The molecule has 0 spiro atoms. The maximum Gasteiger partial charge on any atom is 0.274 e. The van der Waals surface area contributed by atoms with Crippen LogP contribution >= 0.6 is 0 Å². The number of hydrogen-bond donors (Lipinski definition) is 2. The van der Waals surface area contributed by atoms with Crippen LogP contribution in [0.5, 0.6) is 0 Å². The maximum absolute atomic E-state index is 13.0. The van der Waals surface area contributed by atoms with Gasteiger partial charge in [0.15, 0.2) is 0 Å². The molecule has 7 nitrogen and oxygen atoms in total. The summed E-state index contributed by atoms with van der Waals surface area (Å²) in [5.74, 6) is -0.147. The lowest BCUT2D eigenvalue weighted by molar-refractivity contribution is 0.0985. The van der Waals surface area contributed by atoms with Crippen molar-refractivity contribution in [1.29, 1.82) is 0 Å². The molecule has 27 heavy (non-hydrogen) atoms. The number of anilines is 2. The van der Waals surface area contributed by atoms with Gasteiger partial charge in [0.25, 0.3) is 5.91 Å². The molecule has 0 bridgehead atoms. The Morgan fingerprint density at radius 1 is 1.15 bits per heavy atom. The van der Waals surface area contributed by atoms with Gasteiger partial charge in [0.1, 0.15) is 5.69 Å². The maximum atomic E-state index is 13.0. The zero-order chi connectivity index (χ0) is 19.3. The van der Waals surface area contributed by atoms with Crippen LogP contribution in [0.15, 0.2) is 47.4 Å². The molecule has 1 aliphatic rings. The summed E-state index contributed by atoms with van der Waals surface area (Å²) >= 11 is 0. The Labute approximate surface area is 157 Å². The lowest BCUT2D eigenvalue weighted by Crippen LogP contribution is -2.29. The summed E-state index contributed by atoms with van der Waals surface area (Å²) in [5.41, 5.74) is 9.37. The summed E-state index contributed by atoms with van der Waals surface area (Å²) in [7, 11) is -0.496. The third kappa shape index (κ3) is 2.87. The first-order chi connectivity index (χ1) is 12.8. The van der Waals surface area contributed by atoms with Crippen LogP contribution in [0.4, 0.5) is 11.4 Å². The fourth-order valence-electron chi connectivity index (χ4n) is 3.37. The normalized spacial score (nSPS) is 14.1. The minimum absolute atomic E-state index is 0.147. The molecule has 2 aromatic carbocycles. The van der Waals surface area contributed by atoms with Crippen LogP contribution in [0.25, 0.3) is 10.9 Å². The number of H-pyrrole nitrogens is 1. The molecule has 0 unspecified atom stereocenters. The number of sulfonamides is 1. The highest BCUT2D eigenvalue weighted by Crippen LogP contribution is 2.32. The second-order valence-corrected chi connectivity index (χ2v) is 8.97. The van der Waals surface area contributed by atoms with Crippen molar-refractivity contribution in [2.75, 3.05) is 31.3 Å². The predicted molar refractivity (Wildman–Crippen MR) is 105 cm³/mol. The average molecular weight is 384 g/mol. The van der Waals surface area contributed by atoms with E-state index in [1.165, 1.54) is 18.4 Å². The van der Waals surface area contributed by atoms with E-state index in [-0.39, 0.29) is 10.8 Å². The van der Waals surface area contributed by atoms with Gasteiger partial charge in [-0.25, -0.2) is 12.7 Å². The van der Waals surface area contributed by atoms with Gasteiger partial charge in [0.05, 0.1) is 4.90 Å². The number of nitrogen functional groups attached to an aromatic ring is 1. The second-order valence-electron chi connectivity index (χ2n) is 6.81. The lowest BCUT2D eigenvalue weighted by atomic mass is 10.2. The molecule has 4 rings (SSSR count). The number of carbonyl (C=O) groups is 1. The van der Waals surface area contributed by atoms with E-state index in [2.05, 4.69) is 4.98 Å². The largest absolute Gasteiger partial charge is 0.399 e. The first kappa shape index (κ1) is 17.6. The molecule has 140 valence electrons. The number of benzene rings is 2. The molecule has 3 N–H and O–H groups in total. The minimum Gasteiger partial charge on any atom is -0.399 e. The van der Waals surface area contributed by atoms with E-state index in [0.29, 0.717) is 24.3 Å². The highest BCUT2D eigenvalue weighted by atomic mass is 32.2. The number of amides is 1. The van der Waals surface area contributed by atoms with Crippen LogP contribution in [0, 0.1) is 0 Å². The van der Waals surface area contributed by atoms with Gasteiger partial charge in [-0.15, -0.1) is 0 Å². The molecule has 0 saturated heterocycles. The van der Waals surface area contributed by atoms with Gasteiger partial charge in [0.2, 0.25) is 10.0 Å². The van der Waals surface area contributed by atoms with Gasteiger partial charge < -0.3 is 15.6 Å². The van der Waals surface area contributed by atoms with E-state index in [1.54, 1.807) is 35.2 Å². The third-order valence-corrected chi connectivity index (χ3v) is 6.66. The van der Waals surface area contributed by atoms with Crippen LogP contribution in [0.3, 0.4) is 0 Å². The Balaban J connectivity index is 1.68. The van der Waals surface area contributed by atoms with Gasteiger partial charge in [-0.05, 0) is 54.4 Å². The summed E-state index contributed by atoms with van der Waals surface area (Å²) in [6.07, 6.45) is 0.616. The van der Waals surface area contributed by atoms with Gasteiger partial charge in [-0.2, -0.15) is 0 Å². The monoisotopic (exact) mass is 384 g/mol. The standard InChI is InChI=1S/C19H20N4O3S/c1-22(2)27(25,26)15-4-6-18-12(10-15)7-8-23(18)19(24)17-11-13-9-14(20)3-5-16(13)21-17/h3-6,9-11,21H,7-8,20H2,1-2H3. The smallest absolute Gasteiger partial charge is 0.274 e. The molecular formula is C19H20N4O3S. The number of nitrogens with zero attached hydrogens (tertiary/aromatic N) is 2. The van der Waals surface area contributed by atoms with Crippen LogP contribution in [0.2, 0.25) is 0 Å². The van der Waals surface area contributed by atoms with E-state index in [1.807, 2.05) is 12.1 Å². The number of fused-ring (bicyclic) bond motifs is 2.